The molecule has 2 aromatic rings. The first kappa shape index (κ1) is 14.0. The Bertz CT molecular complexity index is 677. The summed E-state index contributed by atoms with van der Waals surface area (Å²) in [6, 6.07) is 4.49. The number of rotatable bonds is 2. The molecule has 0 bridgehead atoms. The summed E-state index contributed by atoms with van der Waals surface area (Å²) in [5, 5.41) is 14.8. The van der Waals surface area contributed by atoms with Crippen molar-refractivity contribution >= 4 is 5.69 Å². The second-order valence-electron chi connectivity index (χ2n) is 4.24. The molecule has 8 heteroatoms. The van der Waals surface area contributed by atoms with Gasteiger partial charge in [-0.25, -0.2) is 4.68 Å². The van der Waals surface area contributed by atoms with Crippen LogP contribution in [0, 0.1) is 24.0 Å². The van der Waals surface area contributed by atoms with E-state index in [1.807, 2.05) is 0 Å². The van der Waals surface area contributed by atoms with Gasteiger partial charge in [0, 0.05) is 0 Å². The zero-order chi connectivity index (χ0) is 15.1. The maximum atomic E-state index is 12.7. The lowest BCUT2D eigenvalue weighted by molar-refractivity contribution is -0.386. The van der Waals surface area contributed by atoms with Crippen LogP contribution in [0.3, 0.4) is 0 Å². The summed E-state index contributed by atoms with van der Waals surface area (Å²) in [5.41, 5.74) is -0.544. The Balaban J connectivity index is 2.58. The molecule has 0 unspecified atom stereocenters. The summed E-state index contributed by atoms with van der Waals surface area (Å²) < 4.78 is 39.1. The molecule has 5 nitrogen and oxygen atoms in total. The lowest BCUT2D eigenvalue weighted by Gasteiger charge is -2.09. The highest BCUT2D eigenvalue weighted by molar-refractivity contribution is 5.46. The predicted octanol–water partition coefficient (Wildman–Crippen LogP) is 3.42. The molecule has 0 aliphatic rings. The third-order valence-corrected chi connectivity index (χ3v) is 2.85. The molecule has 0 saturated heterocycles. The minimum Gasteiger partial charge on any atom is -0.258 e. The van der Waals surface area contributed by atoms with Crippen LogP contribution in [-0.2, 0) is 6.18 Å². The van der Waals surface area contributed by atoms with Gasteiger partial charge in [0.1, 0.15) is 11.4 Å². The van der Waals surface area contributed by atoms with E-state index in [0.717, 1.165) is 16.8 Å². The molecule has 0 N–H and O–H groups in total. The minimum atomic E-state index is -4.47. The number of benzene rings is 1. The van der Waals surface area contributed by atoms with Crippen molar-refractivity contribution in [3.05, 3.63) is 51.3 Å². The molecule has 20 heavy (non-hydrogen) atoms. The molecular weight excluding hydrogens is 275 g/mol. The third kappa shape index (κ3) is 2.36. The van der Waals surface area contributed by atoms with Crippen molar-refractivity contribution < 1.29 is 18.1 Å². The summed E-state index contributed by atoms with van der Waals surface area (Å²) in [5.74, 6) is 0. The van der Waals surface area contributed by atoms with Crippen LogP contribution in [0.4, 0.5) is 18.9 Å². The highest BCUT2D eigenvalue weighted by Gasteiger charge is 2.31. The van der Waals surface area contributed by atoms with Gasteiger partial charge in [0.25, 0.3) is 0 Å². The van der Waals surface area contributed by atoms with E-state index >= 15 is 0 Å². The fourth-order valence-corrected chi connectivity index (χ4v) is 1.96. The standard InChI is InChI=1S/C12H10F3N3O2/c1-7-11(18(19)20)8(2)17(16-7)10-5-3-4-9(6-10)12(13,14)15/h3-6H,1-2H3. The van der Waals surface area contributed by atoms with E-state index in [9.17, 15) is 23.3 Å². The zero-order valence-corrected chi connectivity index (χ0v) is 10.6. The second kappa shape index (κ2) is 4.62. The fourth-order valence-electron chi connectivity index (χ4n) is 1.96. The molecule has 0 radical (unpaired) electrons. The van der Waals surface area contributed by atoms with Crippen LogP contribution < -0.4 is 0 Å². The van der Waals surface area contributed by atoms with Crippen molar-refractivity contribution in [3.8, 4) is 5.69 Å². The molecule has 0 amide bonds. The fraction of sp³-hybridized carbons (Fsp3) is 0.250. The first-order chi connectivity index (χ1) is 9.21. The molecule has 0 aliphatic carbocycles. The van der Waals surface area contributed by atoms with Gasteiger partial charge in [0.2, 0.25) is 0 Å². The number of hydrogen-bond donors (Lipinski definition) is 0. The average Bonchev–Trinajstić information content (AvgIpc) is 2.64. The van der Waals surface area contributed by atoms with Crippen LogP contribution in [0.15, 0.2) is 24.3 Å². The van der Waals surface area contributed by atoms with Gasteiger partial charge in [0.05, 0.1) is 16.2 Å². The summed E-state index contributed by atoms with van der Waals surface area (Å²) in [4.78, 5) is 10.3. The van der Waals surface area contributed by atoms with Gasteiger partial charge in [-0.15, -0.1) is 0 Å². The van der Waals surface area contributed by atoms with Crippen LogP contribution in [0.5, 0.6) is 0 Å². The first-order valence-corrected chi connectivity index (χ1v) is 5.60. The summed E-state index contributed by atoms with van der Waals surface area (Å²) >= 11 is 0. The number of halogens is 3. The first-order valence-electron chi connectivity index (χ1n) is 5.60. The summed E-state index contributed by atoms with van der Waals surface area (Å²) in [7, 11) is 0. The van der Waals surface area contributed by atoms with Gasteiger partial charge >= 0.3 is 11.9 Å². The third-order valence-electron chi connectivity index (χ3n) is 2.85. The molecule has 0 saturated carbocycles. The molecular formula is C12H10F3N3O2. The molecule has 0 fully saturated rings. The Kier molecular flexibility index (Phi) is 3.24. The SMILES string of the molecule is Cc1nn(-c2cccc(C(F)(F)F)c2)c(C)c1[N+](=O)[O-]. The second-order valence-corrected chi connectivity index (χ2v) is 4.24. The molecule has 0 aliphatic heterocycles. The molecule has 1 heterocycles. The van der Waals surface area contributed by atoms with Gasteiger partial charge in [-0.05, 0) is 32.0 Å². The van der Waals surface area contributed by atoms with Crippen molar-refractivity contribution in [1.29, 1.82) is 0 Å². The van der Waals surface area contributed by atoms with Crippen LogP contribution in [-0.4, -0.2) is 14.7 Å². The van der Waals surface area contributed by atoms with E-state index < -0.39 is 16.7 Å². The van der Waals surface area contributed by atoms with Crippen LogP contribution in [0.2, 0.25) is 0 Å². The van der Waals surface area contributed by atoms with Crippen molar-refractivity contribution in [2.24, 2.45) is 0 Å². The summed E-state index contributed by atoms with van der Waals surface area (Å²) in [6.07, 6.45) is -4.47. The zero-order valence-electron chi connectivity index (χ0n) is 10.6. The number of nitrogens with zero attached hydrogens (tertiary/aromatic N) is 3. The Labute approximate surface area is 111 Å². The highest BCUT2D eigenvalue weighted by atomic mass is 19.4. The smallest absolute Gasteiger partial charge is 0.258 e. The van der Waals surface area contributed by atoms with E-state index in [4.69, 9.17) is 0 Å². The minimum absolute atomic E-state index is 0.133. The maximum Gasteiger partial charge on any atom is 0.416 e. The monoisotopic (exact) mass is 285 g/mol. The molecule has 1 aromatic carbocycles. The summed E-state index contributed by atoms with van der Waals surface area (Å²) in [6.45, 7) is 2.88. The van der Waals surface area contributed by atoms with Crippen molar-refractivity contribution in [1.82, 2.24) is 9.78 Å². The quantitative estimate of drug-likeness (QED) is 0.627. The largest absolute Gasteiger partial charge is 0.416 e. The number of nitro groups is 1. The maximum absolute atomic E-state index is 12.7. The number of aromatic nitrogens is 2. The lowest BCUT2D eigenvalue weighted by atomic mass is 10.2. The van der Waals surface area contributed by atoms with E-state index in [-0.39, 0.29) is 22.8 Å². The van der Waals surface area contributed by atoms with Crippen molar-refractivity contribution in [2.75, 3.05) is 0 Å². The van der Waals surface area contributed by atoms with Crippen molar-refractivity contribution in [3.63, 3.8) is 0 Å². The molecule has 1 aromatic heterocycles. The molecule has 106 valence electrons. The van der Waals surface area contributed by atoms with Gasteiger partial charge in [-0.3, -0.25) is 10.1 Å². The Morgan fingerprint density at radius 3 is 2.45 bits per heavy atom. The molecule has 0 atom stereocenters. The van der Waals surface area contributed by atoms with E-state index in [0.29, 0.717) is 0 Å². The van der Waals surface area contributed by atoms with Gasteiger partial charge in [0.15, 0.2) is 0 Å². The Morgan fingerprint density at radius 2 is 1.95 bits per heavy atom. The Hall–Kier alpha value is -2.38. The van der Waals surface area contributed by atoms with E-state index in [2.05, 4.69) is 5.10 Å². The van der Waals surface area contributed by atoms with E-state index in [1.54, 1.807) is 0 Å². The number of aryl methyl sites for hydroxylation is 1. The Morgan fingerprint density at radius 1 is 1.30 bits per heavy atom. The normalized spacial score (nSPS) is 11.7. The van der Waals surface area contributed by atoms with Gasteiger partial charge in [-0.2, -0.15) is 18.3 Å². The van der Waals surface area contributed by atoms with Crippen LogP contribution >= 0.6 is 0 Å². The highest BCUT2D eigenvalue weighted by Crippen LogP contribution is 2.31. The average molecular weight is 285 g/mol. The number of alkyl halides is 3. The molecule has 0 spiro atoms. The number of hydrogen-bond acceptors (Lipinski definition) is 3. The van der Waals surface area contributed by atoms with Gasteiger partial charge < -0.3 is 0 Å². The van der Waals surface area contributed by atoms with Crippen molar-refractivity contribution in [2.45, 2.75) is 20.0 Å². The lowest BCUT2D eigenvalue weighted by Crippen LogP contribution is -2.07. The molecule has 2 rings (SSSR count). The van der Waals surface area contributed by atoms with Crippen LogP contribution in [0.25, 0.3) is 5.69 Å². The van der Waals surface area contributed by atoms with E-state index in [1.165, 1.54) is 26.0 Å². The van der Waals surface area contributed by atoms with Gasteiger partial charge in [-0.1, -0.05) is 6.07 Å². The van der Waals surface area contributed by atoms with Crippen LogP contribution in [0.1, 0.15) is 17.0 Å². The predicted molar refractivity (Wildman–Crippen MR) is 64.7 cm³/mol. The topological polar surface area (TPSA) is 61.0 Å².